The lowest BCUT2D eigenvalue weighted by Crippen LogP contribution is -2.03. The van der Waals surface area contributed by atoms with Crippen LogP contribution in [-0.4, -0.2) is 24.9 Å². The molecule has 0 unspecified atom stereocenters. The van der Waals surface area contributed by atoms with Crippen molar-refractivity contribution in [1.82, 2.24) is 0 Å². The van der Waals surface area contributed by atoms with Crippen molar-refractivity contribution < 1.29 is 14.6 Å². The number of aliphatic hydroxyl groups is 1. The van der Waals surface area contributed by atoms with Crippen LogP contribution in [0.15, 0.2) is 10.5 Å². The Morgan fingerprint density at radius 3 is 2.76 bits per heavy atom. The predicted octanol–water partition coefficient (Wildman–Crippen LogP) is 2.71. The first kappa shape index (κ1) is 12.7. The van der Waals surface area contributed by atoms with Gasteiger partial charge < -0.3 is 14.6 Å². The van der Waals surface area contributed by atoms with Crippen LogP contribution < -0.4 is 9.47 Å². The van der Waals surface area contributed by atoms with Gasteiger partial charge in [-0.3, -0.25) is 0 Å². The van der Waals surface area contributed by atoms with E-state index in [1.54, 1.807) is 0 Å². The summed E-state index contributed by atoms with van der Waals surface area (Å²) in [5, 5.41) is 9.13. The fourth-order valence-electron chi connectivity index (χ4n) is 2.13. The summed E-state index contributed by atoms with van der Waals surface area (Å²) in [4.78, 5) is 0. The number of halogens is 1. The molecule has 4 heteroatoms. The molecule has 94 valence electrons. The van der Waals surface area contributed by atoms with Crippen molar-refractivity contribution in [1.29, 1.82) is 0 Å². The van der Waals surface area contributed by atoms with Crippen molar-refractivity contribution in [3.8, 4) is 11.5 Å². The van der Waals surface area contributed by atoms with E-state index in [2.05, 4.69) is 22.9 Å². The molecule has 0 fully saturated rings. The Hall–Kier alpha value is -0.740. The zero-order chi connectivity index (χ0) is 12.3. The van der Waals surface area contributed by atoms with Crippen LogP contribution in [0, 0.1) is 0 Å². The third-order valence-corrected chi connectivity index (χ3v) is 3.62. The fourth-order valence-corrected chi connectivity index (χ4v) is 2.78. The minimum atomic E-state index is 0.144. The van der Waals surface area contributed by atoms with Crippen LogP contribution in [0.1, 0.15) is 24.5 Å². The number of benzene rings is 1. The first-order chi connectivity index (χ1) is 8.27. The molecule has 0 radical (unpaired) electrons. The molecule has 0 aliphatic carbocycles. The van der Waals surface area contributed by atoms with E-state index in [-0.39, 0.29) is 6.61 Å². The summed E-state index contributed by atoms with van der Waals surface area (Å²) < 4.78 is 12.5. The zero-order valence-corrected chi connectivity index (χ0v) is 11.5. The highest BCUT2D eigenvalue weighted by Gasteiger charge is 2.19. The van der Waals surface area contributed by atoms with Gasteiger partial charge in [-0.1, -0.05) is 22.9 Å². The largest absolute Gasteiger partial charge is 0.490 e. The molecule has 0 aromatic heterocycles. The molecule has 1 aliphatic rings. The second kappa shape index (κ2) is 5.74. The average molecular weight is 301 g/mol. The summed E-state index contributed by atoms with van der Waals surface area (Å²) in [6.45, 7) is 3.63. The summed E-state index contributed by atoms with van der Waals surface area (Å²) in [6.07, 6.45) is 2.42. The predicted molar refractivity (Wildman–Crippen MR) is 69.9 cm³/mol. The number of aliphatic hydroxyl groups excluding tert-OH is 1. The van der Waals surface area contributed by atoms with E-state index in [1.807, 2.05) is 6.07 Å². The number of ether oxygens (including phenoxy) is 2. The quantitative estimate of drug-likeness (QED) is 0.933. The van der Waals surface area contributed by atoms with Crippen LogP contribution in [0.5, 0.6) is 11.5 Å². The second-order valence-corrected chi connectivity index (χ2v) is 4.87. The van der Waals surface area contributed by atoms with Crippen molar-refractivity contribution in [2.45, 2.75) is 26.2 Å². The van der Waals surface area contributed by atoms with E-state index in [0.29, 0.717) is 19.6 Å². The Labute approximate surface area is 110 Å². The van der Waals surface area contributed by atoms with Gasteiger partial charge in [0, 0.05) is 23.1 Å². The maximum atomic E-state index is 9.13. The molecule has 1 heterocycles. The third-order valence-electron chi connectivity index (χ3n) is 2.92. The number of rotatable bonds is 3. The molecular formula is C13H17BrO3. The number of hydrogen-bond acceptors (Lipinski definition) is 3. The Morgan fingerprint density at radius 1 is 1.29 bits per heavy atom. The molecule has 1 aromatic rings. The third kappa shape index (κ3) is 2.58. The monoisotopic (exact) mass is 300 g/mol. The maximum absolute atomic E-state index is 9.13. The minimum Gasteiger partial charge on any atom is -0.490 e. The highest BCUT2D eigenvalue weighted by molar-refractivity contribution is 9.10. The first-order valence-electron chi connectivity index (χ1n) is 5.98. The van der Waals surface area contributed by atoms with Gasteiger partial charge in [0.15, 0.2) is 11.5 Å². The minimum absolute atomic E-state index is 0.144. The summed E-state index contributed by atoms with van der Waals surface area (Å²) in [5.74, 6) is 1.67. The molecule has 1 aliphatic heterocycles. The fraction of sp³-hybridized carbons (Fsp3) is 0.538. The van der Waals surface area contributed by atoms with Gasteiger partial charge in [0.25, 0.3) is 0 Å². The van der Waals surface area contributed by atoms with E-state index in [1.165, 1.54) is 0 Å². The van der Waals surface area contributed by atoms with Gasteiger partial charge in [0.05, 0.1) is 13.2 Å². The molecule has 0 atom stereocenters. The second-order valence-electron chi connectivity index (χ2n) is 4.02. The molecule has 0 amide bonds. The summed E-state index contributed by atoms with van der Waals surface area (Å²) >= 11 is 3.55. The van der Waals surface area contributed by atoms with E-state index >= 15 is 0 Å². The van der Waals surface area contributed by atoms with Crippen molar-refractivity contribution in [3.63, 3.8) is 0 Å². The van der Waals surface area contributed by atoms with Crippen molar-refractivity contribution in [2.24, 2.45) is 0 Å². The van der Waals surface area contributed by atoms with Crippen molar-refractivity contribution in [2.75, 3.05) is 19.8 Å². The Morgan fingerprint density at radius 2 is 2.06 bits per heavy atom. The molecule has 1 N–H and O–H groups in total. The van der Waals surface area contributed by atoms with Crippen molar-refractivity contribution in [3.05, 3.63) is 21.7 Å². The Bertz CT molecular complexity index is 404. The van der Waals surface area contributed by atoms with Gasteiger partial charge in [-0.25, -0.2) is 0 Å². The van der Waals surface area contributed by atoms with E-state index < -0.39 is 0 Å². The van der Waals surface area contributed by atoms with Gasteiger partial charge in [-0.2, -0.15) is 0 Å². The lowest BCUT2D eigenvalue weighted by molar-refractivity contribution is 0.295. The molecule has 1 aromatic carbocycles. The summed E-state index contributed by atoms with van der Waals surface area (Å²) in [5.41, 5.74) is 2.27. The SMILES string of the molecule is CCc1c(CCO)c(Br)cc2c1OCCCO2. The van der Waals surface area contributed by atoms with Crippen LogP contribution >= 0.6 is 15.9 Å². The van der Waals surface area contributed by atoms with Gasteiger partial charge >= 0.3 is 0 Å². The van der Waals surface area contributed by atoms with E-state index in [4.69, 9.17) is 14.6 Å². The van der Waals surface area contributed by atoms with Crippen LogP contribution in [0.3, 0.4) is 0 Å². The van der Waals surface area contributed by atoms with Crippen LogP contribution in [0.25, 0.3) is 0 Å². The van der Waals surface area contributed by atoms with Gasteiger partial charge in [0.1, 0.15) is 0 Å². The van der Waals surface area contributed by atoms with Gasteiger partial charge in [0.2, 0.25) is 0 Å². The van der Waals surface area contributed by atoms with E-state index in [0.717, 1.165) is 39.9 Å². The number of fused-ring (bicyclic) bond motifs is 1. The lowest BCUT2D eigenvalue weighted by Gasteiger charge is -2.17. The Kier molecular flexibility index (Phi) is 4.29. The molecule has 2 rings (SSSR count). The number of hydrogen-bond donors (Lipinski definition) is 1. The smallest absolute Gasteiger partial charge is 0.164 e. The summed E-state index contributed by atoms with van der Waals surface area (Å²) in [7, 11) is 0. The summed E-state index contributed by atoms with van der Waals surface area (Å²) in [6, 6.07) is 1.95. The molecule has 0 spiro atoms. The topological polar surface area (TPSA) is 38.7 Å². The molecule has 17 heavy (non-hydrogen) atoms. The van der Waals surface area contributed by atoms with Crippen molar-refractivity contribution >= 4 is 15.9 Å². The molecular weight excluding hydrogens is 284 g/mol. The highest BCUT2D eigenvalue weighted by Crippen LogP contribution is 2.40. The molecule has 3 nitrogen and oxygen atoms in total. The Balaban J connectivity index is 2.51. The van der Waals surface area contributed by atoms with Crippen LogP contribution in [-0.2, 0) is 12.8 Å². The molecule has 0 saturated heterocycles. The maximum Gasteiger partial charge on any atom is 0.164 e. The van der Waals surface area contributed by atoms with Gasteiger partial charge in [-0.15, -0.1) is 0 Å². The van der Waals surface area contributed by atoms with E-state index in [9.17, 15) is 0 Å². The molecule has 0 saturated carbocycles. The highest BCUT2D eigenvalue weighted by atomic mass is 79.9. The van der Waals surface area contributed by atoms with Crippen LogP contribution in [0.4, 0.5) is 0 Å². The van der Waals surface area contributed by atoms with Gasteiger partial charge in [-0.05, 0) is 24.5 Å². The first-order valence-corrected chi connectivity index (χ1v) is 6.78. The standard InChI is InChI=1S/C13H17BrO3/c1-2-9-10(4-5-15)11(14)8-12-13(9)17-7-3-6-16-12/h8,15H,2-7H2,1H3. The zero-order valence-electron chi connectivity index (χ0n) is 9.96. The normalized spacial score (nSPS) is 14.5. The molecule has 0 bridgehead atoms. The average Bonchev–Trinajstić information content (AvgIpc) is 2.55. The lowest BCUT2D eigenvalue weighted by atomic mass is 10.0. The van der Waals surface area contributed by atoms with Crippen LogP contribution in [0.2, 0.25) is 0 Å².